The van der Waals surface area contributed by atoms with Gasteiger partial charge in [-0.1, -0.05) is 0 Å². The fraction of sp³-hybridized carbons (Fsp3) is 0.444. The molecule has 2 aromatic rings. The molecule has 0 unspecified atom stereocenters. The monoisotopic (exact) mass is 490 g/mol. The molecule has 8 heteroatoms. The maximum absolute atomic E-state index is 5.41. The SMILES string of the molecule is CN=C(NCCc1ncc(C)s1)NCCc1cc(OC)ccc1OC.I. The van der Waals surface area contributed by atoms with Crippen molar-refractivity contribution in [3.63, 3.8) is 0 Å². The van der Waals surface area contributed by atoms with Crippen molar-refractivity contribution >= 4 is 41.3 Å². The number of hydrogen-bond donors (Lipinski definition) is 2. The molecule has 0 aliphatic carbocycles. The Kier molecular flexibility index (Phi) is 10.3. The smallest absolute Gasteiger partial charge is 0.191 e. The van der Waals surface area contributed by atoms with E-state index in [1.54, 1.807) is 32.6 Å². The molecule has 0 aliphatic rings. The van der Waals surface area contributed by atoms with Gasteiger partial charge in [0.2, 0.25) is 0 Å². The number of methoxy groups -OCH3 is 2. The fourth-order valence-corrected chi connectivity index (χ4v) is 3.20. The van der Waals surface area contributed by atoms with Gasteiger partial charge in [0.25, 0.3) is 0 Å². The van der Waals surface area contributed by atoms with Crippen LogP contribution in [0.1, 0.15) is 15.4 Å². The van der Waals surface area contributed by atoms with E-state index in [0.717, 1.165) is 54.0 Å². The molecular formula is C18H27IN4O2S. The van der Waals surface area contributed by atoms with Crippen LogP contribution in [-0.2, 0) is 12.8 Å². The largest absolute Gasteiger partial charge is 0.497 e. The first kappa shape index (κ1) is 22.5. The Hall–Kier alpha value is -1.55. The Morgan fingerprint density at radius 1 is 1.15 bits per heavy atom. The second-order valence-electron chi connectivity index (χ2n) is 5.47. The van der Waals surface area contributed by atoms with E-state index in [2.05, 4.69) is 27.5 Å². The number of aromatic nitrogens is 1. The Balaban J connectivity index is 0.00000338. The van der Waals surface area contributed by atoms with Gasteiger partial charge in [-0.15, -0.1) is 35.3 Å². The zero-order chi connectivity index (χ0) is 18.1. The summed E-state index contributed by atoms with van der Waals surface area (Å²) in [5.41, 5.74) is 1.10. The molecule has 0 aliphatic heterocycles. The maximum atomic E-state index is 5.41. The van der Waals surface area contributed by atoms with E-state index in [4.69, 9.17) is 9.47 Å². The van der Waals surface area contributed by atoms with Gasteiger partial charge in [-0.25, -0.2) is 4.98 Å². The standard InChI is InChI=1S/C18H26N4O2S.HI/c1-13-12-22-17(25-13)8-10-21-18(19-2)20-9-7-14-11-15(23-3)5-6-16(14)24-4;/h5-6,11-12H,7-10H2,1-4H3,(H2,19,20,21);1H. The van der Waals surface area contributed by atoms with Crippen LogP contribution in [0.5, 0.6) is 11.5 Å². The highest BCUT2D eigenvalue weighted by atomic mass is 127. The molecule has 2 N–H and O–H groups in total. The molecule has 0 bridgehead atoms. The van der Waals surface area contributed by atoms with Gasteiger partial charge in [-0.2, -0.15) is 0 Å². The van der Waals surface area contributed by atoms with E-state index in [9.17, 15) is 0 Å². The van der Waals surface area contributed by atoms with Gasteiger partial charge in [-0.05, 0) is 37.1 Å². The van der Waals surface area contributed by atoms with Crippen molar-refractivity contribution in [3.05, 3.63) is 39.8 Å². The molecule has 1 heterocycles. The number of thiazole rings is 1. The summed E-state index contributed by atoms with van der Waals surface area (Å²) in [5.74, 6) is 2.48. The average Bonchev–Trinajstić information content (AvgIpc) is 3.05. The number of guanidine groups is 1. The topological polar surface area (TPSA) is 67.8 Å². The molecule has 0 spiro atoms. The molecule has 6 nitrogen and oxygen atoms in total. The quantitative estimate of drug-likeness (QED) is 0.338. The lowest BCUT2D eigenvalue weighted by Gasteiger charge is -2.13. The Morgan fingerprint density at radius 3 is 2.46 bits per heavy atom. The summed E-state index contributed by atoms with van der Waals surface area (Å²) in [6, 6.07) is 5.83. The molecule has 1 aromatic carbocycles. The molecule has 2 rings (SSSR count). The second-order valence-corrected chi connectivity index (χ2v) is 6.79. The van der Waals surface area contributed by atoms with Crippen molar-refractivity contribution in [1.82, 2.24) is 15.6 Å². The van der Waals surface area contributed by atoms with Gasteiger partial charge < -0.3 is 20.1 Å². The Bertz CT molecular complexity index is 706. The lowest BCUT2D eigenvalue weighted by atomic mass is 10.1. The summed E-state index contributed by atoms with van der Waals surface area (Å²) < 4.78 is 10.7. The highest BCUT2D eigenvalue weighted by molar-refractivity contribution is 14.0. The van der Waals surface area contributed by atoms with Crippen LogP contribution in [0, 0.1) is 6.92 Å². The number of halogens is 1. The first-order chi connectivity index (χ1) is 12.2. The third kappa shape index (κ3) is 6.99. The molecule has 1 aromatic heterocycles. The van der Waals surface area contributed by atoms with Crippen LogP contribution in [-0.4, -0.2) is 45.3 Å². The summed E-state index contributed by atoms with van der Waals surface area (Å²) in [6.07, 6.45) is 3.62. The average molecular weight is 490 g/mol. The Labute approximate surface area is 176 Å². The van der Waals surface area contributed by atoms with E-state index in [1.807, 2.05) is 24.4 Å². The predicted octanol–water partition coefficient (Wildman–Crippen LogP) is 3.04. The lowest BCUT2D eigenvalue weighted by molar-refractivity contribution is 0.398. The molecule has 26 heavy (non-hydrogen) atoms. The zero-order valence-corrected chi connectivity index (χ0v) is 18.8. The van der Waals surface area contributed by atoms with E-state index in [1.165, 1.54) is 4.88 Å². The highest BCUT2D eigenvalue weighted by Crippen LogP contribution is 2.24. The van der Waals surface area contributed by atoms with Crippen LogP contribution in [0.4, 0.5) is 0 Å². The molecule has 0 fully saturated rings. The van der Waals surface area contributed by atoms with Crippen molar-refractivity contribution in [2.45, 2.75) is 19.8 Å². The van der Waals surface area contributed by atoms with Crippen LogP contribution in [0.2, 0.25) is 0 Å². The van der Waals surface area contributed by atoms with Gasteiger partial charge in [0.15, 0.2) is 5.96 Å². The lowest BCUT2D eigenvalue weighted by Crippen LogP contribution is -2.39. The molecule has 0 atom stereocenters. The summed E-state index contributed by atoms with van der Waals surface area (Å²) >= 11 is 1.73. The molecule has 0 radical (unpaired) electrons. The zero-order valence-electron chi connectivity index (χ0n) is 15.7. The number of nitrogens with zero attached hydrogens (tertiary/aromatic N) is 2. The van der Waals surface area contributed by atoms with Crippen molar-refractivity contribution in [1.29, 1.82) is 0 Å². The molecule has 0 amide bonds. The van der Waals surface area contributed by atoms with Gasteiger partial charge in [0.05, 0.1) is 19.2 Å². The highest BCUT2D eigenvalue weighted by Gasteiger charge is 2.06. The number of nitrogens with one attached hydrogen (secondary N) is 2. The van der Waals surface area contributed by atoms with E-state index < -0.39 is 0 Å². The van der Waals surface area contributed by atoms with E-state index in [0.29, 0.717) is 0 Å². The van der Waals surface area contributed by atoms with Gasteiger partial charge >= 0.3 is 0 Å². The first-order valence-corrected chi connectivity index (χ1v) is 9.04. The molecular weight excluding hydrogens is 463 g/mol. The van der Waals surface area contributed by atoms with Crippen LogP contribution >= 0.6 is 35.3 Å². The number of ether oxygens (including phenoxy) is 2. The maximum Gasteiger partial charge on any atom is 0.191 e. The van der Waals surface area contributed by atoms with Gasteiger partial charge in [0, 0.05) is 37.6 Å². The van der Waals surface area contributed by atoms with Crippen LogP contribution in [0.15, 0.2) is 29.4 Å². The number of rotatable bonds is 8. The second kappa shape index (κ2) is 11.9. The third-order valence-corrected chi connectivity index (χ3v) is 4.67. The summed E-state index contributed by atoms with van der Waals surface area (Å²) in [6.45, 7) is 3.62. The Morgan fingerprint density at radius 2 is 1.88 bits per heavy atom. The van der Waals surface area contributed by atoms with Crippen LogP contribution < -0.4 is 20.1 Å². The van der Waals surface area contributed by atoms with E-state index >= 15 is 0 Å². The van der Waals surface area contributed by atoms with Crippen molar-refractivity contribution in [2.24, 2.45) is 4.99 Å². The van der Waals surface area contributed by atoms with Crippen molar-refractivity contribution in [3.8, 4) is 11.5 Å². The van der Waals surface area contributed by atoms with Crippen LogP contribution in [0.3, 0.4) is 0 Å². The molecule has 144 valence electrons. The third-order valence-electron chi connectivity index (χ3n) is 3.70. The molecule has 0 saturated heterocycles. The normalized spacial score (nSPS) is 10.8. The minimum atomic E-state index is 0. The number of aliphatic imine (C=N–C) groups is 1. The molecule has 0 saturated carbocycles. The van der Waals surface area contributed by atoms with Gasteiger partial charge in [-0.3, -0.25) is 4.99 Å². The van der Waals surface area contributed by atoms with Crippen molar-refractivity contribution < 1.29 is 9.47 Å². The van der Waals surface area contributed by atoms with E-state index in [-0.39, 0.29) is 24.0 Å². The minimum Gasteiger partial charge on any atom is -0.497 e. The number of hydrogen-bond acceptors (Lipinski definition) is 5. The van der Waals surface area contributed by atoms with Crippen molar-refractivity contribution in [2.75, 3.05) is 34.4 Å². The summed E-state index contributed by atoms with van der Waals surface area (Å²) in [5, 5.41) is 7.78. The minimum absolute atomic E-state index is 0. The first-order valence-electron chi connectivity index (χ1n) is 8.23. The number of benzene rings is 1. The fourth-order valence-electron chi connectivity index (χ4n) is 2.42. The number of aryl methyl sites for hydroxylation is 1. The summed E-state index contributed by atoms with van der Waals surface area (Å²) in [4.78, 5) is 9.86. The van der Waals surface area contributed by atoms with Gasteiger partial charge in [0.1, 0.15) is 11.5 Å². The predicted molar refractivity (Wildman–Crippen MR) is 119 cm³/mol. The summed E-state index contributed by atoms with van der Waals surface area (Å²) in [7, 11) is 5.12. The van der Waals surface area contributed by atoms with Crippen LogP contribution in [0.25, 0.3) is 0 Å².